The molecule has 0 aromatic carbocycles. The molecule has 0 radical (unpaired) electrons. The highest BCUT2D eigenvalue weighted by atomic mass is 16.4. The van der Waals surface area contributed by atoms with E-state index in [9.17, 15) is 9.59 Å². The monoisotopic (exact) mass is 254 g/mol. The molecule has 2 amide bonds. The Hall–Kier alpha value is -1.26. The molecule has 0 bridgehead atoms. The molecule has 2 rings (SSSR count). The van der Waals surface area contributed by atoms with E-state index in [4.69, 9.17) is 5.11 Å². The predicted octanol–water partition coefficient (Wildman–Crippen LogP) is 1.92. The Morgan fingerprint density at radius 3 is 2.56 bits per heavy atom. The van der Waals surface area contributed by atoms with Crippen LogP contribution in [0.25, 0.3) is 0 Å². The molecule has 18 heavy (non-hydrogen) atoms. The summed E-state index contributed by atoms with van der Waals surface area (Å²) in [7, 11) is 0. The van der Waals surface area contributed by atoms with Crippen LogP contribution in [-0.4, -0.2) is 52.1 Å². The molecule has 0 aromatic rings. The van der Waals surface area contributed by atoms with E-state index in [0.717, 1.165) is 38.6 Å². The van der Waals surface area contributed by atoms with Crippen LogP contribution >= 0.6 is 0 Å². The van der Waals surface area contributed by atoms with Gasteiger partial charge in [-0.2, -0.15) is 0 Å². The fourth-order valence-electron chi connectivity index (χ4n) is 2.77. The number of nitrogens with zero attached hydrogens (tertiary/aromatic N) is 2. The van der Waals surface area contributed by atoms with Crippen molar-refractivity contribution >= 4 is 12.0 Å². The molecule has 1 unspecified atom stereocenters. The molecular formula is C13H22N2O3. The van der Waals surface area contributed by atoms with Crippen molar-refractivity contribution < 1.29 is 14.7 Å². The van der Waals surface area contributed by atoms with Gasteiger partial charge in [0.25, 0.3) is 0 Å². The summed E-state index contributed by atoms with van der Waals surface area (Å²) in [6.45, 7) is 3.42. The standard InChI is InChI=1S/C13H22N2O3/c1-2-14(10-6-7-10)13(18)15-8-4-3-5-11(15)9-12(16)17/h10-11H,2-9H2,1H3,(H,16,17). The second-order valence-corrected chi connectivity index (χ2v) is 5.24. The Kier molecular flexibility index (Phi) is 4.09. The van der Waals surface area contributed by atoms with E-state index in [0.29, 0.717) is 12.6 Å². The molecule has 102 valence electrons. The summed E-state index contributed by atoms with van der Waals surface area (Å²) in [6, 6.07) is 0.331. The lowest BCUT2D eigenvalue weighted by Crippen LogP contribution is -2.51. The second kappa shape index (κ2) is 5.59. The molecular weight excluding hydrogens is 232 g/mol. The first-order valence-corrected chi connectivity index (χ1v) is 6.92. The zero-order valence-corrected chi connectivity index (χ0v) is 11.0. The lowest BCUT2D eigenvalue weighted by atomic mass is 10.00. The zero-order valence-electron chi connectivity index (χ0n) is 11.0. The van der Waals surface area contributed by atoms with Gasteiger partial charge in [0.2, 0.25) is 0 Å². The molecule has 0 aromatic heterocycles. The van der Waals surface area contributed by atoms with Crippen LogP contribution in [0.1, 0.15) is 45.4 Å². The summed E-state index contributed by atoms with van der Waals surface area (Å²) in [5.41, 5.74) is 0. The van der Waals surface area contributed by atoms with Crippen LogP contribution < -0.4 is 0 Å². The molecule has 5 heteroatoms. The third-order valence-corrected chi connectivity index (χ3v) is 3.86. The third-order valence-electron chi connectivity index (χ3n) is 3.86. The van der Waals surface area contributed by atoms with E-state index < -0.39 is 5.97 Å². The molecule has 5 nitrogen and oxygen atoms in total. The predicted molar refractivity (Wildman–Crippen MR) is 67.4 cm³/mol. The van der Waals surface area contributed by atoms with E-state index in [2.05, 4.69) is 0 Å². The summed E-state index contributed by atoms with van der Waals surface area (Å²) in [5, 5.41) is 8.93. The maximum absolute atomic E-state index is 12.5. The Morgan fingerprint density at radius 1 is 1.28 bits per heavy atom. The molecule has 0 spiro atoms. The zero-order chi connectivity index (χ0) is 13.1. The first kappa shape index (κ1) is 13.2. The van der Waals surface area contributed by atoms with E-state index in [1.54, 1.807) is 4.90 Å². The second-order valence-electron chi connectivity index (χ2n) is 5.24. The van der Waals surface area contributed by atoms with Crippen molar-refractivity contribution in [3.8, 4) is 0 Å². The number of aliphatic carboxylic acids is 1. The van der Waals surface area contributed by atoms with Gasteiger partial charge >= 0.3 is 12.0 Å². The quantitative estimate of drug-likeness (QED) is 0.833. The SMILES string of the molecule is CCN(C(=O)N1CCCCC1CC(=O)O)C1CC1. The van der Waals surface area contributed by atoms with Crippen molar-refractivity contribution in [2.75, 3.05) is 13.1 Å². The topological polar surface area (TPSA) is 60.9 Å². The molecule has 1 heterocycles. The Labute approximate surface area is 108 Å². The summed E-state index contributed by atoms with van der Waals surface area (Å²) >= 11 is 0. The number of hydrogen-bond donors (Lipinski definition) is 1. The van der Waals surface area contributed by atoms with Crippen LogP contribution in [0.5, 0.6) is 0 Å². The highest BCUT2D eigenvalue weighted by Crippen LogP contribution is 2.29. The van der Waals surface area contributed by atoms with Gasteiger partial charge in [0.05, 0.1) is 6.42 Å². The van der Waals surface area contributed by atoms with Crippen molar-refractivity contribution in [1.29, 1.82) is 0 Å². The maximum Gasteiger partial charge on any atom is 0.320 e. The van der Waals surface area contributed by atoms with Crippen molar-refractivity contribution in [1.82, 2.24) is 9.80 Å². The number of likely N-dealkylation sites (tertiary alicyclic amines) is 1. The average molecular weight is 254 g/mol. The highest BCUT2D eigenvalue weighted by Gasteiger charge is 2.37. The summed E-state index contributed by atoms with van der Waals surface area (Å²) < 4.78 is 0. The van der Waals surface area contributed by atoms with Crippen molar-refractivity contribution in [3.05, 3.63) is 0 Å². The molecule has 1 saturated heterocycles. The molecule has 2 aliphatic rings. The number of carbonyl (C=O) groups is 2. The van der Waals surface area contributed by atoms with Gasteiger partial charge < -0.3 is 14.9 Å². The van der Waals surface area contributed by atoms with Gasteiger partial charge in [0, 0.05) is 25.2 Å². The van der Waals surface area contributed by atoms with E-state index in [1.807, 2.05) is 11.8 Å². The molecule has 2 fully saturated rings. The summed E-state index contributed by atoms with van der Waals surface area (Å²) in [5.74, 6) is -0.811. The fourth-order valence-corrected chi connectivity index (χ4v) is 2.77. The molecule has 1 atom stereocenters. The van der Waals surface area contributed by atoms with Gasteiger partial charge in [-0.15, -0.1) is 0 Å². The Bertz CT molecular complexity index is 328. The normalized spacial score (nSPS) is 23.8. The van der Waals surface area contributed by atoms with Crippen molar-refractivity contribution in [3.63, 3.8) is 0 Å². The maximum atomic E-state index is 12.5. The van der Waals surface area contributed by atoms with Crippen LogP contribution in [0.4, 0.5) is 4.79 Å². The van der Waals surface area contributed by atoms with Crippen LogP contribution in [0.15, 0.2) is 0 Å². The fraction of sp³-hybridized carbons (Fsp3) is 0.846. The van der Waals surface area contributed by atoms with Gasteiger partial charge in [-0.25, -0.2) is 4.79 Å². The number of urea groups is 1. The van der Waals surface area contributed by atoms with Crippen LogP contribution in [0.3, 0.4) is 0 Å². The van der Waals surface area contributed by atoms with E-state index in [1.165, 1.54) is 0 Å². The highest BCUT2D eigenvalue weighted by molar-refractivity contribution is 5.77. The van der Waals surface area contributed by atoms with Crippen molar-refractivity contribution in [2.24, 2.45) is 0 Å². The minimum absolute atomic E-state index is 0.0472. The van der Waals surface area contributed by atoms with E-state index in [-0.39, 0.29) is 18.5 Å². The average Bonchev–Trinajstić information content (AvgIpc) is 3.14. The number of carboxylic acids is 1. The van der Waals surface area contributed by atoms with Gasteiger partial charge in [0.1, 0.15) is 0 Å². The van der Waals surface area contributed by atoms with Crippen LogP contribution in [0.2, 0.25) is 0 Å². The minimum atomic E-state index is -0.811. The first-order valence-electron chi connectivity index (χ1n) is 6.92. The van der Waals surface area contributed by atoms with Gasteiger partial charge in [0.15, 0.2) is 0 Å². The van der Waals surface area contributed by atoms with Crippen LogP contribution in [0, 0.1) is 0 Å². The van der Waals surface area contributed by atoms with E-state index >= 15 is 0 Å². The third kappa shape index (κ3) is 2.94. The summed E-state index contributed by atoms with van der Waals surface area (Å²) in [4.78, 5) is 27.0. The Morgan fingerprint density at radius 2 is 2.00 bits per heavy atom. The number of piperidine rings is 1. The molecule has 1 saturated carbocycles. The first-order chi connectivity index (χ1) is 8.63. The number of rotatable bonds is 4. The number of amides is 2. The minimum Gasteiger partial charge on any atom is -0.481 e. The molecule has 1 aliphatic carbocycles. The number of carbonyl (C=O) groups excluding carboxylic acids is 1. The molecule has 1 N–H and O–H groups in total. The largest absolute Gasteiger partial charge is 0.481 e. The van der Waals surface area contributed by atoms with Gasteiger partial charge in [-0.3, -0.25) is 4.79 Å². The lowest BCUT2D eigenvalue weighted by Gasteiger charge is -2.38. The Balaban J connectivity index is 2.02. The smallest absolute Gasteiger partial charge is 0.320 e. The lowest BCUT2D eigenvalue weighted by molar-refractivity contribution is -0.138. The van der Waals surface area contributed by atoms with Crippen molar-refractivity contribution in [2.45, 2.75) is 57.5 Å². The molecule has 1 aliphatic heterocycles. The van der Waals surface area contributed by atoms with Gasteiger partial charge in [-0.05, 0) is 39.0 Å². The summed E-state index contributed by atoms with van der Waals surface area (Å²) in [6.07, 6.45) is 5.10. The van der Waals surface area contributed by atoms with Gasteiger partial charge in [-0.1, -0.05) is 0 Å². The number of carboxylic acid groups (broad SMARTS) is 1. The van der Waals surface area contributed by atoms with Crippen LogP contribution in [-0.2, 0) is 4.79 Å². The number of hydrogen-bond acceptors (Lipinski definition) is 2.